The molecule has 0 spiro atoms. The summed E-state index contributed by atoms with van der Waals surface area (Å²) in [5.74, 6) is 0.467. The summed E-state index contributed by atoms with van der Waals surface area (Å²) in [5, 5.41) is 0. The average Bonchev–Trinajstić information content (AvgIpc) is 2.63. The van der Waals surface area contributed by atoms with Crippen LogP contribution in [0.25, 0.3) is 0 Å². The van der Waals surface area contributed by atoms with Gasteiger partial charge in [-0.05, 0) is 37.7 Å². The van der Waals surface area contributed by atoms with E-state index in [0.29, 0.717) is 26.0 Å². The Balaban J connectivity index is 1.99. The van der Waals surface area contributed by atoms with Gasteiger partial charge < -0.3 is 9.64 Å². The van der Waals surface area contributed by atoms with Crippen molar-refractivity contribution in [3.63, 3.8) is 0 Å². The van der Waals surface area contributed by atoms with Crippen LogP contribution >= 0.6 is 0 Å². The summed E-state index contributed by atoms with van der Waals surface area (Å²) < 4.78 is 5.47. The van der Waals surface area contributed by atoms with Gasteiger partial charge in [0, 0.05) is 24.9 Å². The molecule has 1 fully saturated rings. The van der Waals surface area contributed by atoms with Crippen molar-refractivity contribution in [1.29, 1.82) is 0 Å². The second-order valence-corrected chi connectivity index (χ2v) is 8.41. The molecule has 0 bridgehead atoms. The number of hydrogen-bond acceptors (Lipinski definition) is 3. The zero-order valence-corrected chi connectivity index (χ0v) is 16.9. The number of piperidine rings is 1. The maximum atomic E-state index is 13.1. The number of ether oxygens (including phenoxy) is 1. The number of carbonyl (C=O) groups excluding carboxylic acids is 2. The molecule has 1 heterocycles. The van der Waals surface area contributed by atoms with E-state index in [1.165, 1.54) is 0 Å². The number of esters is 1. The van der Waals surface area contributed by atoms with Crippen LogP contribution in [0.15, 0.2) is 42.5 Å². The lowest BCUT2D eigenvalue weighted by Crippen LogP contribution is -2.60. The number of likely N-dealkylation sites (tertiary alicyclic amines) is 1. The highest BCUT2D eigenvalue weighted by molar-refractivity contribution is 5.81. The molecule has 1 amide bonds. The number of carbonyl (C=O) groups is 2. The fraction of sp³-hybridized carbons (Fsp3) is 0.565. The van der Waals surface area contributed by atoms with Gasteiger partial charge in [-0.3, -0.25) is 9.59 Å². The minimum absolute atomic E-state index is 0.0100. The van der Waals surface area contributed by atoms with Gasteiger partial charge in [-0.15, -0.1) is 0 Å². The Bertz CT molecular complexity index is 712. The zero-order valence-electron chi connectivity index (χ0n) is 16.9. The number of fused-ring (bicyclic) bond motifs is 1. The van der Waals surface area contributed by atoms with Crippen molar-refractivity contribution >= 4 is 11.9 Å². The maximum absolute atomic E-state index is 13.1. The lowest BCUT2D eigenvalue weighted by Gasteiger charge is -2.53. The van der Waals surface area contributed by atoms with Gasteiger partial charge in [0.05, 0.1) is 12.0 Å². The van der Waals surface area contributed by atoms with Gasteiger partial charge >= 0.3 is 5.97 Å². The van der Waals surface area contributed by atoms with Crippen LogP contribution in [0.5, 0.6) is 0 Å². The number of hydrogen-bond donors (Lipinski definition) is 0. The molecule has 0 saturated carbocycles. The molecule has 0 N–H and O–H groups in total. The first kappa shape index (κ1) is 19.7. The van der Waals surface area contributed by atoms with Gasteiger partial charge in [-0.25, -0.2) is 0 Å². The Labute approximate surface area is 162 Å². The van der Waals surface area contributed by atoms with E-state index in [4.69, 9.17) is 4.74 Å². The third-order valence-electron chi connectivity index (χ3n) is 6.20. The summed E-state index contributed by atoms with van der Waals surface area (Å²) in [6, 6.07) is 10.1. The van der Waals surface area contributed by atoms with Crippen LogP contribution in [0.1, 0.15) is 46.1 Å². The molecule has 4 atom stereocenters. The number of benzene rings is 1. The van der Waals surface area contributed by atoms with Crippen LogP contribution in [-0.2, 0) is 20.9 Å². The van der Waals surface area contributed by atoms with Crippen molar-refractivity contribution in [2.75, 3.05) is 6.61 Å². The van der Waals surface area contributed by atoms with Crippen LogP contribution in [-0.4, -0.2) is 29.4 Å². The first-order chi connectivity index (χ1) is 12.9. The lowest BCUT2D eigenvalue weighted by atomic mass is 9.58. The molecule has 0 unspecified atom stereocenters. The first-order valence-corrected chi connectivity index (χ1v) is 10.1. The van der Waals surface area contributed by atoms with Gasteiger partial charge in [-0.1, -0.05) is 56.3 Å². The lowest BCUT2D eigenvalue weighted by molar-refractivity contribution is -0.170. The van der Waals surface area contributed by atoms with Crippen molar-refractivity contribution in [1.82, 2.24) is 4.90 Å². The summed E-state index contributed by atoms with van der Waals surface area (Å²) >= 11 is 0. The van der Waals surface area contributed by atoms with Crippen LogP contribution in [0.2, 0.25) is 0 Å². The van der Waals surface area contributed by atoms with Gasteiger partial charge in [-0.2, -0.15) is 0 Å². The molecule has 4 nitrogen and oxygen atoms in total. The summed E-state index contributed by atoms with van der Waals surface area (Å²) in [7, 11) is 0. The molecule has 3 rings (SSSR count). The topological polar surface area (TPSA) is 46.6 Å². The van der Waals surface area contributed by atoms with E-state index in [0.717, 1.165) is 5.56 Å². The minimum Gasteiger partial charge on any atom is -0.466 e. The fourth-order valence-electron chi connectivity index (χ4n) is 4.98. The predicted octanol–water partition coefficient (Wildman–Crippen LogP) is 4.21. The highest BCUT2D eigenvalue weighted by atomic mass is 16.5. The highest BCUT2D eigenvalue weighted by Crippen LogP contribution is 2.50. The van der Waals surface area contributed by atoms with E-state index in [-0.39, 0.29) is 35.7 Å². The van der Waals surface area contributed by atoms with Crippen molar-refractivity contribution in [3.05, 3.63) is 48.0 Å². The minimum atomic E-state index is -0.597. The molecule has 27 heavy (non-hydrogen) atoms. The van der Waals surface area contributed by atoms with Gasteiger partial charge in [0.2, 0.25) is 5.91 Å². The SMILES string of the molecule is CCOC(=O)[C@@]1(C)CC=C[C@H]2CC(=O)N(Cc3ccccc3)[C@@H](C(C)C)[C@@H]21. The second-order valence-electron chi connectivity index (χ2n) is 8.41. The van der Waals surface area contributed by atoms with Crippen LogP contribution < -0.4 is 0 Å². The van der Waals surface area contributed by atoms with E-state index in [2.05, 4.69) is 38.1 Å². The number of amides is 1. The van der Waals surface area contributed by atoms with Crippen LogP contribution in [0.3, 0.4) is 0 Å². The van der Waals surface area contributed by atoms with Crippen molar-refractivity contribution in [3.8, 4) is 0 Å². The largest absolute Gasteiger partial charge is 0.466 e. The fourth-order valence-corrected chi connectivity index (χ4v) is 4.98. The summed E-state index contributed by atoms with van der Waals surface area (Å²) in [5.41, 5.74) is 0.527. The molecule has 1 aromatic carbocycles. The van der Waals surface area contributed by atoms with E-state index in [9.17, 15) is 9.59 Å². The summed E-state index contributed by atoms with van der Waals surface area (Å²) in [6.07, 6.45) is 5.35. The quantitative estimate of drug-likeness (QED) is 0.577. The Morgan fingerprint density at radius 1 is 1.30 bits per heavy atom. The van der Waals surface area contributed by atoms with Crippen LogP contribution in [0.4, 0.5) is 0 Å². The highest BCUT2D eigenvalue weighted by Gasteiger charge is 2.55. The Morgan fingerprint density at radius 2 is 2.00 bits per heavy atom. The molecule has 1 aromatic rings. The van der Waals surface area contributed by atoms with E-state index >= 15 is 0 Å². The van der Waals surface area contributed by atoms with E-state index in [1.807, 2.05) is 36.9 Å². The Hall–Kier alpha value is -2.10. The molecular formula is C23H31NO3. The van der Waals surface area contributed by atoms with Gasteiger partial charge in [0.15, 0.2) is 0 Å². The zero-order chi connectivity index (χ0) is 19.6. The second kappa shape index (κ2) is 7.87. The smallest absolute Gasteiger partial charge is 0.312 e. The number of allylic oxidation sites excluding steroid dienone is 2. The van der Waals surface area contributed by atoms with Crippen molar-refractivity contribution in [2.45, 2.75) is 53.1 Å². The van der Waals surface area contributed by atoms with Crippen LogP contribution in [0, 0.1) is 23.2 Å². The molecular weight excluding hydrogens is 338 g/mol. The molecule has 1 aliphatic heterocycles. The molecule has 1 saturated heterocycles. The summed E-state index contributed by atoms with van der Waals surface area (Å²) in [4.78, 5) is 28.0. The maximum Gasteiger partial charge on any atom is 0.312 e. The molecule has 0 radical (unpaired) electrons. The van der Waals surface area contributed by atoms with Crippen molar-refractivity contribution in [2.24, 2.45) is 23.2 Å². The summed E-state index contributed by atoms with van der Waals surface area (Å²) in [6.45, 7) is 9.16. The molecule has 2 aliphatic rings. The Morgan fingerprint density at radius 3 is 2.63 bits per heavy atom. The monoisotopic (exact) mass is 369 g/mol. The first-order valence-electron chi connectivity index (χ1n) is 10.1. The Kier molecular flexibility index (Phi) is 5.73. The molecule has 1 aliphatic carbocycles. The normalized spacial score (nSPS) is 30.3. The number of rotatable bonds is 5. The van der Waals surface area contributed by atoms with Gasteiger partial charge in [0.25, 0.3) is 0 Å². The van der Waals surface area contributed by atoms with Gasteiger partial charge in [0.1, 0.15) is 0 Å². The molecule has 0 aromatic heterocycles. The predicted molar refractivity (Wildman–Crippen MR) is 106 cm³/mol. The third-order valence-corrected chi connectivity index (χ3v) is 6.20. The number of nitrogens with zero attached hydrogens (tertiary/aromatic N) is 1. The molecule has 146 valence electrons. The third kappa shape index (κ3) is 3.67. The average molecular weight is 370 g/mol. The van der Waals surface area contributed by atoms with Crippen molar-refractivity contribution < 1.29 is 14.3 Å². The standard InChI is InChI=1S/C23H31NO3/c1-5-27-22(26)23(4)13-9-12-18-14-19(25)24(21(16(2)3)20(18)23)15-17-10-7-6-8-11-17/h6-12,16,18,20-21H,5,13-15H2,1-4H3/t18-,20+,21-,23-/m0/s1. The van der Waals surface area contributed by atoms with E-state index < -0.39 is 5.41 Å². The van der Waals surface area contributed by atoms with E-state index in [1.54, 1.807) is 0 Å². The molecule has 4 heteroatoms.